The second kappa shape index (κ2) is 10.2. The lowest BCUT2D eigenvalue weighted by molar-refractivity contribution is -0.212. The van der Waals surface area contributed by atoms with E-state index in [1.54, 1.807) is 16.8 Å². The number of hydrogen-bond acceptors (Lipinski definition) is 6. The van der Waals surface area contributed by atoms with Crippen molar-refractivity contribution in [1.29, 1.82) is 5.26 Å². The standard InChI is InChI=1S/C26H27F3N8O2/c27-26(28,29)36-12-7-21(33-36)18-3-1-17(2-4-18)15-35-13-9-25(8-11-30,10-14-35)37-16-20(22(31)38)23(34-37)32-24(39)19-5-6-19/h1-4,7,12,16,19H,5-6,8-10,13-15H2,(H2,31,38)(H,32,34,39). The van der Waals surface area contributed by atoms with Crippen LogP contribution in [0, 0.1) is 17.2 Å². The highest BCUT2D eigenvalue weighted by Gasteiger charge is 2.39. The number of benzene rings is 1. The fraction of sp³-hybridized carbons (Fsp3) is 0.423. The lowest BCUT2D eigenvalue weighted by Crippen LogP contribution is -2.46. The number of rotatable bonds is 8. The quantitative estimate of drug-likeness (QED) is 0.449. The maximum atomic E-state index is 12.8. The number of likely N-dealkylation sites (tertiary alicyclic amines) is 1. The van der Waals surface area contributed by atoms with Gasteiger partial charge in [0, 0.05) is 43.5 Å². The van der Waals surface area contributed by atoms with Crippen molar-refractivity contribution in [3.05, 3.63) is 53.9 Å². The Kier molecular flexibility index (Phi) is 6.90. The number of alkyl halides is 3. The minimum absolute atomic E-state index is 0.0204. The van der Waals surface area contributed by atoms with Crippen molar-refractivity contribution in [2.75, 3.05) is 18.4 Å². The summed E-state index contributed by atoms with van der Waals surface area (Å²) in [6.07, 6.45) is 0.812. The number of carbonyl (C=O) groups excluding carboxylic acids is 2. The second-order valence-electron chi connectivity index (χ2n) is 10.1. The number of nitrogens with zero attached hydrogens (tertiary/aromatic N) is 6. The molecule has 1 aliphatic carbocycles. The smallest absolute Gasteiger partial charge is 0.365 e. The fourth-order valence-electron chi connectivity index (χ4n) is 4.87. The van der Waals surface area contributed by atoms with E-state index in [-0.39, 0.29) is 40.0 Å². The zero-order valence-electron chi connectivity index (χ0n) is 21.0. The molecule has 0 radical (unpaired) electrons. The van der Waals surface area contributed by atoms with E-state index in [1.807, 2.05) is 12.1 Å². The summed E-state index contributed by atoms with van der Waals surface area (Å²) >= 11 is 0. The van der Waals surface area contributed by atoms with Crippen LogP contribution < -0.4 is 11.1 Å². The summed E-state index contributed by atoms with van der Waals surface area (Å²) in [6, 6.07) is 10.8. The molecule has 1 saturated heterocycles. The van der Waals surface area contributed by atoms with Crippen LogP contribution in [0.2, 0.25) is 0 Å². The maximum Gasteiger partial charge on any atom is 0.504 e. The van der Waals surface area contributed by atoms with E-state index < -0.39 is 17.7 Å². The molecule has 0 atom stereocenters. The van der Waals surface area contributed by atoms with Gasteiger partial charge in [0.2, 0.25) is 5.91 Å². The van der Waals surface area contributed by atoms with E-state index in [9.17, 15) is 28.0 Å². The maximum absolute atomic E-state index is 12.8. The summed E-state index contributed by atoms with van der Waals surface area (Å²) < 4.78 is 40.1. The monoisotopic (exact) mass is 540 g/mol. The predicted octanol–water partition coefficient (Wildman–Crippen LogP) is 3.58. The Morgan fingerprint density at radius 2 is 1.82 bits per heavy atom. The molecule has 0 unspecified atom stereocenters. The number of amides is 2. The topological polar surface area (TPSA) is 135 Å². The third-order valence-electron chi connectivity index (χ3n) is 7.36. The number of anilines is 1. The van der Waals surface area contributed by atoms with E-state index in [0.717, 1.165) is 24.6 Å². The van der Waals surface area contributed by atoms with Crippen molar-refractivity contribution in [3.8, 4) is 17.3 Å². The van der Waals surface area contributed by atoms with Crippen LogP contribution in [-0.2, 0) is 23.2 Å². The van der Waals surface area contributed by atoms with Crippen LogP contribution in [0.1, 0.15) is 48.0 Å². The molecule has 10 nitrogen and oxygen atoms in total. The van der Waals surface area contributed by atoms with Crippen LogP contribution in [0.5, 0.6) is 0 Å². The summed E-state index contributed by atoms with van der Waals surface area (Å²) in [5.74, 6) is -0.838. The Balaban J connectivity index is 1.26. The lowest BCUT2D eigenvalue weighted by Gasteiger charge is -2.40. The summed E-state index contributed by atoms with van der Waals surface area (Å²) in [5.41, 5.74) is 6.82. The number of nitrogens with two attached hydrogens (primary N) is 1. The van der Waals surface area contributed by atoms with Crippen molar-refractivity contribution >= 4 is 17.6 Å². The Labute approximate surface area is 222 Å². The summed E-state index contributed by atoms with van der Waals surface area (Å²) in [7, 11) is 0. The molecular formula is C26H27F3N8O2. The van der Waals surface area contributed by atoms with Crippen LogP contribution in [0.15, 0.2) is 42.7 Å². The van der Waals surface area contributed by atoms with Crippen molar-refractivity contribution in [2.45, 2.75) is 50.5 Å². The van der Waals surface area contributed by atoms with Gasteiger partial charge < -0.3 is 11.1 Å². The Morgan fingerprint density at radius 3 is 2.38 bits per heavy atom. The molecule has 3 aromatic rings. The van der Waals surface area contributed by atoms with Crippen molar-refractivity contribution < 1.29 is 22.8 Å². The highest BCUT2D eigenvalue weighted by molar-refractivity contribution is 6.02. The number of halogens is 3. The number of carbonyl (C=O) groups is 2. The molecule has 2 aromatic heterocycles. The third kappa shape index (κ3) is 5.65. The van der Waals surface area contributed by atoms with Gasteiger partial charge in [-0.1, -0.05) is 24.3 Å². The summed E-state index contributed by atoms with van der Waals surface area (Å²) in [4.78, 5) is 26.5. The Hall–Kier alpha value is -4.18. The number of aromatic nitrogens is 4. The number of primary amides is 1. The van der Waals surface area contributed by atoms with Crippen molar-refractivity contribution in [1.82, 2.24) is 24.5 Å². The van der Waals surface area contributed by atoms with E-state index in [2.05, 4.69) is 26.5 Å². The molecule has 1 saturated carbocycles. The highest BCUT2D eigenvalue weighted by Crippen LogP contribution is 2.36. The summed E-state index contributed by atoms with van der Waals surface area (Å²) in [5, 5.41) is 20.4. The molecule has 5 rings (SSSR count). The fourth-order valence-corrected chi connectivity index (χ4v) is 4.87. The van der Waals surface area contributed by atoms with Crippen molar-refractivity contribution in [2.24, 2.45) is 11.7 Å². The molecular weight excluding hydrogens is 513 g/mol. The first-order chi connectivity index (χ1) is 18.6. The lowest BCUT2D eigenvalue weighted by atomic mass is 9.84. The van der Waals surface area contributed by atoms with Crippen LogP contribution in [-0.4, -0.2) is 49.4 Å². The third-order valence-corrected chi connectivity index (χ3v) is 7.36. The SMILES string of the molecule is N#CCC1(n2cc(C(N)=O)c(NC(=O)C3CC3)n2)CCN(Cc2ccc(-c3ccn(C(F)(F)F)n3)cc2)CC1. The van der Waals surface area contributed by atoms with E-state index in [4.69, 9.17) is 5.73 Å². The molecule has 2 amide bonds. The summed E-state index contributed by atoms with van der Waals surface area (Å²) in [6.45, 7) is 1.91. The van der Waals surface area contributed by atoms with Gasteiger partial charge in [0.25, 0.3) is 5.91 Å². The Bertz CT molecular complexity index is 1410. The molecule has 39 heavy (non-hydrogen) atoms. The molecule has 1 aromatic carbocycles. The zero-order chi connectivity index (χ0) is 27.8. The van der Waals surface area contributed by atoms with Gasteiger partial charge in [0.15, 0.2) is 5.82 Å². The van der Waals surface area contributed by atoms with Crippen LogP contribution in [0.4, 0.5) is 19.0 Å². The normalized spacial score (nSPS) is 17.5. The number of nitrogens with one attached hydrogen (secondary N) is 1. The average Bonchev–Trinajstić information content (AvgIpc) is 3.46. The van der Waals surface area contributed by atoms with Gasteiger partial charge in [0.1, 0.15) is 5.56 Å². The van der Waals surface area contributed by atoms with Gasteiger partial charge in [-0.15, -0.1) is 13.2 Å². The van der Waals surface area contributed by atoms with Crippen molar-refractivity contribution in [3.63, 3.8) is 0 Å². The number of hydrogen-bond donors (Lipinski definition) is 2. The first-order valence-electron chi connectivity index (χ1n) is 12.6. The van der Waals surface area contributed by atoms with Gasteiger partial charge >= 0.3 is 6.30 Å². The molecule has 0 spiro atoms. The first-order valence-corrected chi connectivity index (χ1v) is 12.6. The Morgan fingerprint density at radius 1 is 1.13 bits per heavy atom. The van der Waals surface area contributed by atoms with E-state index in [1.165, 1.54) is 12.3 Å². The molecule has 3 N–H and O–H groups in total. The molecule has 13 heteroatoms. The zero-order valence-corrected chi connectivity index (χ0v) is 21.0. The van der Waals surface area contributed by atoms with Gasteiger partial charge in [-0.2, -0.15) is 20.1 Å². The van der Waals surface area contributed by atoms with Crippen LogP contribution >= 0.6 is 0 Å². The van der Waals surface area contributed by atoms with Gasteiger partial charge in [0.05, 0.1) is 23.7 Å². The minimum atomic E-state index is -4.56. The van der Waals surface area contributed by atoms with Gasteiger partial charge in [-0.25, -0.2) is 0 Å². The van der Waals surface area contributed by atoms with E-state index >= 15 is 0 Å². The number of piperidine rings is 1. The van der Waals surface area contributed by atoms with Gasteiger partial charge in [-0.05, 0) is 37.3 Å². The van der Waals surface area contributed by atoms with Crippen LogP contribution in [0.3, 0.4) is 0 Å². The molecule has 2 aliphatic rings. The molecule has 204 valence electrons. The number of nitriles is 1. The van der Waals surface area contributed by atoms with Gasteiger partial charge in [-0.3, -0.25) is 19.2 Å². The average molecular weight is 541 g/mol. The predicted molar refractivity (Wildman–Crippen MR) is 134 cm³/mol. The molecule has 2 fully saturated rings. The largest absolute Gasteiger partial charge is 0.504 e. The van der Waals surface area contributed by atoms with Crippen LogP contribution in [0.25, 0.3) is 11.3 Å². The van der Waals surface area contributed by atoms with E-state index in [0.29, 0.717) is 38.0 Å². The molecule has 0 bridgehead atoms. The first kappa shape index (κ1) is 26.4. The second-order valence-corrected chi connectivity index (χ2v) is 10.1. The molecule has 3 heterocycles. The highest BCUT2D eigenvalue weighted by atomic mass is 19.4. The minimum Gasteiger partial charge on any atom is -0.365 e. The molecule has 1 aliphatic heterocycles.